The first-order valence-corrected chi connectivity index (χ1v) is 8.20. The van der Waals surface area contributed by atoms with Crippen molar-refractivity contribution in [1.82, 2.24) is 0 Å². The third-order valence-corrected chi connectivity index (χ3v) is 4.50. The van der Waals surface area contributed by atoms with Gasteiger partial charge in [0.05, 0.1) is 5.56 Å². The number of hydrogen-bond donors (Lipinski definition) is 0. The molecule has 0 bridgehead atoms. The Morgan fingerprint density at radius 3 is 2.09 bits per heavy atom. The van der Waals surface area contributed by atoms with E-state index >= 15 is 0 Å². The molecule has 0 saturated heterocycles. The van der Waals surface area contributed by atoms with Gasteiger partial charge in [-0.3, -0.25) is 0 Å². The quantitative estimate of drug-likeness (QED) is 0.677. The zero-order valence-electron chi connectivity index (χ0n) is 14.7. The average molecular weight is 310 g/mol. The maximum Gasteiger partial charge on any atom is 0.338 e. The summed E-state index contributed by atoms with van der Waals surface area (Å²) in [7, 11) is 0. The summed E-state index contributed by atoms with van der Waals surface area (Å²) in [5.74, 6) is 0.148. The fourth-order valence-electron chi connectivity index (χ4n) is 2.71. The van der Waals surface area contributed by atoms with Gasteiger partial charge in [0.1, 0.15) is 5.60 Å². The zero-order valence-corrected chi connectivity index (χ0v) is 14.7. The summed E-state index contributed by atoms with van der Waals surface area (Å²) in [6.07, 6.45) is 0. The van der Waals surface area contributed by atoms with Gasteiger partial charge < -0.3 is 4.74 Å². The van der Waals surface area contributed by atoms with E-state index in [1.165, 1.54) is 5.56 Å². The molecular formula is C21H26O2. The lowest BCUT2D eigenvalue weighted by Crippen LogP contribution is -2.34. The van der Waals surface area contributed by atoms with Crippen LogP contribution in [0.1, 0.15) is 67.9 Å². The van der Waals surface area contributed by atoms with E-state index in [2.05, 4.69) is 32.9 Å². The minimum atomic E-state index is -0.581. The molecule has 122 valence electrons. The Morgan fingerprint density at radius 1 is 0.913 bits per heavy atom. The number of ether oxygens (including phenoxy) is 1. The molecule has 0 fully saturated rings. The molecular weight excluding hydrogens is 284 g/mol. The van der Waals surface area contributed by atoms with Crippen molar-refractivity contribution < 1.29 is 9.53 Å². The molecule has 23 heavy (non-hydrogen) atoms. The molecule has 0 aliphatic rings. The summed E-state index contributed by atoms with van der Waals surface area (Å²) in [5, 5.41) is 0. The predicted octanol–water partition coefficient (Wildman–Crippen LogP) is 5.55. The number of carbonyl (C=O) groups is 1. The van der Waals surface area contributed by atoms with E-state index in [1.54, 1.807) is 0 Å². The molecule has 1 atom stereocenters. The molecule has 2 aromatic rings. The van der Waals surface area contributed by atoms with Gasteiger partial charge in [-0.15, -0.1) is 0 Å². The lowest BCUT2D eigenvalue weighted by Gasteiger charge is -2.32. The number of hydrogen-bond acceptors (Lipinski definition) is 2. The van der Waals surface area contributed by atoms with Crippen LogP contribution in [0.5, 0.6) is 0 Å². The molecule has 0 saturated carbocycles. The topological polar surface area (TPSA) is 26.3 Å². The van der Waals surface area contributed by atoms with Crippen LogP contribution in [0.3, 0.4) is 0 Å². The predicted molar refractivity (Wildman–Crippen MR) is 94.9 cm³/mol. The highest BCUT2D eigenvalue weighted by Crippen LogP contribution is 2.32. The number of esters is 1. The van der Waals surface area contributed by atoms with Crippen LogP contribution in [0, 0.1) is 0 Å². The molecule has 0 spiro atoms. The Kier molecular flexibility index (Phi) is 5.25. The van der Waals surface area contributed by atoms with Crippen LogP contribution in [-0.4, -0.2) is 11.6 Å². The molecule has 2 nitrogen and oxygen atoms in total. The second kappa shape index (κ2) is 6.99. The van der Waals surface area contributed by atoms with E-state index in [0.717, 1.165) is 5.56 Å². The van der Waals surface area contributed by atoms with Gasteiger partial charge in [-0.05, 0) is 37.0 Å². The van der Waals surface area contributed by atoms with Crippen LogP contribution in [0.15, 0.2) is 54.6 Å². The first-order valence-electron chi connectivity index (χ1n) is 8.20. The summed E-state index contributed by atoms with van der Waals surface area (Å²) in [4.78, 5) is 12.7. The first kappa shape index (κ1) is 17.3. The third kappa shape index (κ3) is 4.01. The molecule has 1 unspecified atom stereocenters. The van der Waals surface area contributed by atoms with Gasteiger partial charge in [0.25, 0.3) is 0 Å². The van der Waals surface area contributed by atoms with Crippen LogP contribution < -0.4 is 0 Å². The van der Waals surface area contributed by atoms with E-state index in [0.29, 0.717) is 5.56 Å². The van der Waals surface area contributed by atoms with Gasteiger partial charge in [-0.1, -0.05) is 69.3 Å². The van der Waals surface area contributed by atoms with E-state index in [-0.39, 0.29) is 17.8 Å². The van der Waals surface area contributed by atoms with Crippen molar-refractivity contribution in [2.75, 3.05) is 0 Å². The largest absolute Gasteiger partial charge is 0.455 e. The monoisotopic (exact) mass is 310 g/mol. The maximum atomic E-state index is 12.7. The van der Waals surface area contributed by atoms with Crippen molar-refractivity contribution >= 4 is 5.97 Å². The molecule has 0 aliphatic carbocycles. The first-order chi connectivity index (χ1) is 10.8. The van der Waals surface area contributed by atoms with Gasteiger partial charge in [0, 0.05) is 5.92 Å². The smallest absolute Gasteiger partial charge is 0.338 e. The van der Waals surface area contributed by atoms with Gasteiger partial charge in [-0.25, -0.2) is 4.79 Å². The Labute approximate surface area is 139 Å². The highest BCUT2D eigenvalue weighted by atomic mass is 16.6. The Hall–Kier alpha value is -2.09. The van der Waals surface area contributed by atoms with Gasteiger partial charge in [-0.2, -0.15) is 0 Å². The summed E-state index contributed by atoms with van der Waals surface area (Å²) >= 11 is 0. The maximum absolute atomic E-state index is 12.7. The molecule has 2 aromatic carbocycles. The van der Waals surface area contributed by atoms with Crippen molar-refractivity contribution in [3.63, 3.8) is 0 Å². The fourth-order valence-corrected chi connectivity index (χ4v) is 2.71. The molecule has 0 aromatic heterocycles. The van der Waals surface area contributed by atoms with Gasteiger partial charge in [0.2, 0.25) is 0 Å². The van der Waals surface area contributed by atoms with E-state index in [9.17, 15) is 4.79 Å². The molecule has 0 aliphatic heterocycles. The van der Waals surface area contributed by atoms with Crippen LogP contribution in [0.2, 0.25) is 0 Å². The van der Waals surface area contributed by atoms with Crippen LogP contribution in [0.25, 0.3) is 0 Å². The van der Waals surface area contributed by atoms with E-state index < -0.39 is 5.60 Å². The number of rotatable bonds is 5. The summed E-state index contributed by atoms with van der Waals surface area (Å²) in [6, 6.07) is 17.9. The summed E-state index contributed by atoms with van der Waals surface area (Å²) in [6.45, 7) is 10.2. The van der Waals surface area contributed by atoms with E-state index in [1.807, 2.05) is 56.3 Å². The lowest BCUT2D eigenvalue weighted by atomic mass is 9.86. The van der Waals surface area contributed by atoms with Crippen molar-refractivity contribution in [3.05, 3.63) is 71.3 Å². The second-order valence-corrected chi connectivity index (χ2v) is 6.87. The minimum absolute atomic E-state index is 0.110. The Bertz CT molecular complexity index is 657. The number of benzene rings is 2. The zero-order chi connectivity index (χ0) is 17.0. The van der Waals surface area contributed by atoms with E-state index in [4.69, 9.17) is 4.74 Å². The van der Waals surface area contributed by atoms with Gasteiger partial charge in [0.15, 0.2) is 0 Å². The number of carbonyl (C=O) groups excluding carboxylic acids is 1. The highest BCUT2D eigenvalue weighted by Gasteiger charge is 2.32. The summed E-state index contributed by atoms with van der Waals surface area (Å²) < 4.78 is 5.89. The van der Waals surface area contributed by atoms with Gasteiger partial charge >= 0.3 is 5.97 Å². The Morgan fingerprint density at radius 2 is 1.48 bits per heavy atom. The minimum Gasteiger partial charge on any atom is -0.455 e. The Balaban J connectivity index is 2.22. The standard InChI is InChI=1S/C21H26O2/c1-15(2)18-13-9-10-14-19(18)20(22)23-21(4,5)16(3)17-11-7-6-8-12-17/h6-16H,1-5H3. The molecule has 0 heterocycles. The molecule has 0 radical (unpaired) electrons. The SMILES string of the molecule is CC(C)c1ccccc1C(=O)OC(C)(C)C(C)c1ccccc1. The van der Waals surface area contributed by atoms with Crippen molar-refractivity contribution in [3.8, 4) is 0 Å². The molecule has 2 heteroatoms. The van der Waals surface area contributed by atoms with Crippen LogP contribution in [-0.2, 0) is 4.74 Å². The average Bonchev–Trinajstić information content (AvgIpc) is 2.54. The highest BCUT2D eigenvalue weighted by molar-refractivity contribution is 5.91. The van der Waals surface area contributed by atoms with Crippen molar-refractivity contribution in [1.29, 1.82) is 0 Å². The summed E-state index contributed by atoms with van der Waals surface area (Å²) in [5.41, 5.74) is 2.28. The molecule has 0 N–H and O–H groups in total. The van der Waals surface area contributed by atoms with Crippen LogP contribution in [0.4, 0.5) is 0 Å². The van der Waals surface area contributed by atoms with Crippen LogP contribution >= 0.6 is 0 Å². The molecule has 0 amide bonds. The molecule has 2 rings (SSSR count). The third-order valence-electron chi connectivity index (χ3n) is 4.50. The van der Waals surface area contributed by atoms with Crippen molar-refractivity contribution in [2.45, 2.75) is 52.1 Å². The van der Waals surface area contributed by atoms with Crippen molar-refractivity contribution in [2.24, 2.45) is 0 Å². The second-order valence-electron chi connectivity index (χ2n) is 6.87. The lowest BCUT2D eigenvalue weighted by molar-refractivity contribution is -0.0112. The fraction of sp³-hybridized carbons (Fsp3) is 0.381. The normalized spacial score (nSPS) is 13.0.